The van der Waals surface area contributed by atoms with E-state index in [9.17, 15) is 9.59 Å². The van der Waals surface area contributed by atoms with Crippen LogP contribution in [0.25, 0.3) is 0 Å². The lowest BCUT2D eigenvalue weighted by atomic mass is 10.1. The van der Waals surface area contributed by atoms with Gasteiger partial charge in [-0.2, -0.15) is 5.10 Å². The summed E-state index contributed by atoms with van der Waals surface area (Å²) in [7, 11) is 0. The largest absolute Gasteiger partial charge is 0.481 e. The molecular weight excluding hydrogens is 338 g/mol. The summed E-state index contributed by atoms with van der Waals surface area (Å²) in [4.78, 5) is 25.0. The maximum Gasteiger partial charge on any atom is 0.303 e. The lowest BCUT2D eigenvalue weighted by Crippen LogP contribution is -2.35. The quantitative estimate of drug-likeness (QED) is 0.781. The molecule has 1 aromatic rings. The van der Waals surface area contributed by atoms with Crippen molar-refractivity contribution in [1.82, 2.24) is 14.7 Å². The van der Waals surface area contributed by atoms with Crippen molar-refractivity contribution in [2.24, 2.45) is 0 Å². The van der Waals surface area contributed by atoms with Gasteiger partial charge in [0.1, 0.15) is 6.61 Å². The third kappa shape index (κ3) is 5.28. The average Bonchev–Trinajstić information content (AvgIpc) is 2.91. The van der Waals surface area contributed by atoms with Gasteiger partial charge in [-0.05, 0) is 31.7 Å². The molecule has 8 nitrogen and oxygen atoms in total. The second-order valence-corrected chi connectivity index (χ2v) is 6.92. The van der Waals surface area contributed by atoms with Gasteiger partial charge in [-0.15, -0.1) is 0 Å². The molecule has 144 valence electrons. The fourth-order valence-corrected chi connectivity index (χ4v) is 3.40. The van der Waals surface area contributed by atoms with Crippen LogP contribution in [0.3, 0.4) is 0 Å². The predicted octanol–water partition coefficient (Wildman–Crippen LogP) is 1.22. The molecular formula is C18H27N3O5. The molecule has 0 unspecified atom stereocenters. The van der Waals surface area contributed by atoms with Crippen LogP contribution in [0.1, 0.15) is 43.5 Å². The van der Waals surface area contributed by atoms with E-state index in [4.69, 9.17) is 14.6 Å². The second kappa shape index (κ2) is 9.14. The molecule has 26 heavy (non-hydrogen) atoms. The topological polar surface area (TPSA) is 93.9 Å². The van der Waals surface area contributed by atoms with Crippen LogP contribution in [-0.2, 0) is 38.6 Å². The average molecular weight is 365 g/mol. The highest BCUT2D eigenvalue weighted by Crippen LogP contribution is 2.16. The first-order valence-corrected chi connectivity index (χ1v) is 9.36. The molecule has 2 aliphatic rings. The molecule has 3 rings (SSSR count). The number of ether oxygens (including phenoxy) is 2. The zero-order chi connectivity index (χ0) is 18.4. The van der Waals surface area contributed by atoms with Crippen molar-refractivity contribution < 1.29 is 24.2 Å². The number of aryl methyl sites for hydroxylation is 2. The highest BCUT2D eigenvalue weighted by Gasteiger charge is 2.22. The van der Waals surface area contributed by atoms with Gasteiger partial charge in [-0.1, -0.05) is 0 Å². The van der Waals surface area contributed by atoms with Crippen LogP contribution >= 0.6 is 0 Å². The van der Waals surface area contributed by atoms with Crippen LogP contribution in [0.15, 0.2) is 6.07 Å². The molecule has 0 saturated carbocycles. The molecule has 0 aliphatic carbocycles. The van der Waals surface area contributed by atoms with Gasteiger partial charge in [0.2, 0.25) is 5.91 Å². The first-order chi connectivity index (χ1) is 12.6. The number of carbonyl (C=O) groups excluding carboxylic acids is 1. The van der Waals surface area contributed by atoms with Gasteiger partial charge in [-0.25, -0.2) is 0 Å². The molecule has 0 spiro atoms. The van der Waals surface area contributed by atoms with Crippen molar-refractivity contribution in [3.8, 4) is 0 Å². The van der Waals surface area contributed by atoms with Crippen LogP contribution in [0.5, 0.6) is 0 Å². The molecule has 2 aliphatic heterocycles. The summed E-state index contributed by atoms with van der Waals surface area (Å²) in [5, 5.41) is 13.3. The van der Waals surface area contributed by atoms with E-state index in [0.29, 0.717) is 26.1 Å². The van der Waals surface area contributed by atoms with E-state index < -0.39 is 5.97 Å². The number of carbonyl (C=O) groups is 2. The molecule has 1 amide bonds. The second-order valence-electron chi connectivity index (χ2n) is 6.92. The van der Waals surface area contributed by atoms with Crippen LogP contribution < -0.4 is 0 Å². The number of aromatic nitrogens is 2. The maximum atomic E-state index is 12.5. The SMILES string of the molecule is O=C(O)CCc1cc2n(n1)CCCN(C(=O)COC[C@@H]1CCCCO1)C2. The molecule has 0 bridgehead atoms. The first-order valence-electron chi connectivity index (χ1n) is 9.36. The molecule has 3 heterocycles. The number of carboxylic acid groups (broad SMARTS) is 1. The highest BCUT2D eigenvalue weighted by atomic mass is 16.5. The minimum atomic E-state index is -0.830. The third-order valence-electron chi connectivity index (χ3n) is 4.82. The number of aliphatic carboxylic acids is 1. The lowest BCUT2D eigenvalue weighted by molar-refractivity contribution is -0.139. The third-order valence-corrected chi connectivity index (χ3v) is 4.82. The van der Waals surface area contributed by atoms with Crippen molar-refractivity contribution in [3.05, 3.63) is 17.5 Å². The summed E-state index contributed by atoms with van der Waals surface area (Å²) in [5.74, 6) is -0.855. The van der Waals surface area contributed by atoms with Crippen LogP contribution in [0.4, 0.5) is 0 Å². The molecule has 1 atom stereocenters. The van der Waals surface area contributed by atoms with Gasteiger partial charge in [0.15, 0.2) is 0 Å². The zero-order valence-electron chi connectivity index (χ0n) is 15.1. The summed E-state index contributed by atoms with van der Waals surface area (Å²) in [6.45, 7) is 3.22. The first kappa shape index (κ1) is 18.8. The Bertz CT molecular complexity index is 624. The predicted molar refractivity (Wildman–Crippen MR) is 92.6 cm³/mol. The number of nitrogens with zero attached hydrogens (tertiary/aromatic N) is 3. The highest BCUT2D eigenvalue weighted by molar-refractivity contribution is 5.77. The Labute approximate surface area is 153 Å². The summed E-state index contributed by atoms with van der Waals surface area (Å²) >= 11 is 0. The number of carboxylic acids is 1. The number of amides is 1. The van der Waals surface area contributed by atoms with Gasteiger partial charge in [-0.3, -0.25) is 14.3 Å². The van der Waals surface area contributed by atoms with Gasteiger partial charge >= 0.3 is 5.97 Å². The molecule has 1 fully saturated rings. The smallest absolute Gasteiger partial charge is 0.303 e. The van der Waals surface area contributed by atoms with Crippen LogP contribution in [0, 0.1) is 0 Å². The Morgan fingerprint density at radius 2 is 2.19 bits per heavy atom. The number of fused-ring (bicyclic) bond motifs is 1. The van der Waals surface area contributed by atoms with E-state index in [1.54, 1.807) is 4.90 Å². The Hall–Kier alpha value is -1.93. The monoisotopic (exact) mass is 365 g/mol. The molecule has 8 heteroatoms. The van der Waals surface area contributed by atoms with Gasteiger partial charge in [0, 0.05) is 26.1 Å². The fraction of sp³-hybridized carbons (Fsp3) is 0.722. The van der Waals surface area contributed by atoms with E-state index in [-0.39, 0.29) is 25.0 Å². The van der Waals surface area contributed by atoms with Crippen molar-refractivity contribution in [1.29, 1.82) is 0 Å². The molecule has 1 N–H and O–H groups in total. The van der Waals surface area contributed by atoms with E-state index in [1.165, 1.54) is 0 Å². The van der Waals surface area contributed by atoms with Crippen molar-refractivity contribution in [3.63, 3.8) is 0 Å². The van der Waals surface area contributed by atoms with E-state index in [2.05, 4.69) is 5.10 Å². The van der Waals surface area contributed by atoms with Crippen molar-refractivity contribution in [2.75, 3.05) is 26.4 Å². The summed E-state index contributed by atoms with van der Waals surface area (Å²) in [6, 6.07) is 1.91. The normalized spacial score (nSPS) is 20.5. The Balaban J connectivity index is 1.49. The van der Waals surface area contributed by atoms with Gasteiger partial charge in [0.25, 0.3) is 0 Å². The summed E-state index contributed by atoms with van der Waals surface area (Å²) < 4.78 is 13.1. The molecule has 1 aromatic heterocycles. The maximum absolute atomic E-state index is 12.5. The number of rotatable bonds is 7. The van der Waals surface area contributed by atoms with Gasteiger partial charge in [0.05, 0.1) is 37.1 Å². The van der Waals surface area contributed by atoms with Crippen molar-refractivity contribution in [2.45, 2.75) is 57.7 Å². The zero-order valence-corrected chi connectivity index (χ0v) is 15.1. The Morgan fingerprint density at radius 1 is 1.31 bits per heavy atom. The summed E-state index contributed by atoms with van der Waals surface area (Å²) in [5.41, 5.74) is 1.72. The number of hydrogen-bond donors (Lipinski definition) is 1. The van der Waals surface area contributed by atoms with Gasteiger partial charge < -0.3 is 19.5 Å². The van der Waals surface area contributed by atoms with Crippen LogP contribution in [-0.4, -0.2) is 64.1 Å². The van der Waals surface area contributed by atoms with E-state index in [0.717, 1.165) is 50.2 Å². The molecule has 1 saturated heterocycles. The number of hydrogen-bond acceptors (Lipinski definition) is 5. The van der Waals surface area contributed by atoms with Crippen molar-refractivity contribution >= 4 is 11.9 Å². The lowest BCUT2D eigenvalue weighted by Gasteiger charge is -2.23. The van der Waals surface area contributed by atoms with Crippen LogP contribution in [0.2, 0.25) is 0 Å². The minimum absolute atomic E-state index is 0.0254. The van der Waals surface area contributed by atoms with E-state index in [1.807, 2.05) is 10.7 Å². The molecule has 0 aromatic carbocycles. The fourth-order valence-electron chi connectivity index (χ4n) is 3.40. The summed E-state index contributed by atoms with van der Waals surface area (Å²) in [6.07, 6.45) is 4.66. The molecule has 0 radical (unpaired) electrons. The minimum Gasteiger partial charge on any atom is -0.481 e. The Morgan fingerprint density at radius 3 is 2.96 bits per heavy atom. The standard InChI is InChI=1S/C18H27N3O5/c22-17(13-25-12-16-4-1-2-9-26-16)20-7-3-8-21-15(11-20)10-14(19-21)5-6-18(23)24/h10,16H,1-9,11-13H2,(H,23,24)/t16-/m0/s1. The van der Waals surface area contributed by atoms with E-state index >= 15 is 0 Å². The Kier molecular flexibility index (Phi) is 6.62.